The number of amides is 1. The quantitative estimate of drug-likeness (QED) is 0.659. The monoisotopic (exact) mass is 410 g/mol. The van der Waals surface area contributed by atoms with Gasteiger partial charge in [0.2, 0.25) is 10.0 Å². The van der Waals surface area contributed by atoms with Crippen LogP contribution in [-0.4, -0.2) is 50.9 Å². The average molecular weight is 410 g/mol. The van der Waals surface area contributed by atoms with Crippen LogP contribution in [0.2, 0.25) is 0 Å². The standard InChI is InChI=1S/C19H26N2O6S/c1-2-26-16-9-8-15(12-17(16)28(24,25)21-10-3-4-11-21)20-18(22)13-27-19(23)14-6-5-7-14/h8-9,12,14H,2-7,10-11,13H2,1H3,(H,20,22). The molecule has 1 amide bonds. The van der Waals surface area contributed by atoms with Crippen molar-refractivity contribution in [2.75, 3.05) is 31.6 Å². The Morgan fingerprint density at radius 2 is 1.89 bits per heavy atom. The Morgan fingerprint density at radius 1 is 1.18 bits per heavy atom. The number of carbonyl (C=O) groups is 2. The molecule has 1 aromatic rings. The van der Waals surface area contributed by atoms with E-state index >= 15 is 0 Å². The summed E-state index contributed by atoms with van der Waals surface area (Å²) in [5, 5.41) is 2.59. The van der Waals surface area contributed by atoms with Crippen LogP contribution in [0.25, 0.3) is 0 Å². The van der Waals surface area contributed by atoms with Gasteiger partial charge in [0.1, 0.15) is 10.6 Å². The van der Waals surface area contributed by atoms with Gasteiger partial charge in [0.25, 0.3) is 5.91 Å². The predicted octanol–water partition coefficient (Wildman–Crippen LogP) is 2.15. The molecule has 1 aliphatic heterocycles. The van der Waals surface area contributed by atoms with Crippen molar-refractivity contribution in [2.24, 2.45) is 5.92 Å². The van der Waals surface area contributed by atoms with Gasteiger partial charge in [-0.2, -0.15) is 4.31 Å². The maximum absolute atomic E-state index is 13.0. The fourth-order valence-corrected chi connectivity index (χ4v) is 4.90. The van der Waals surface area contributed by atoms with Crippen LogP contribution in [0.5, 0.6) is 5.75 Å². The molecule has 3 rings (SSSR count). The third-order valence-corrected chi connectivity index (χ3v) is 6.91. The minimum atomic E-state index is -3.71. The molecule has 1 saturated carbocycles. The highest BCUT2D eigenvalue weighted by Gasteiger charge is 2.31. The fourth-order valence-electron chi connectivity index (χ4n) is 3.23. The van der Waals surface area contributed by atoms with Gasteiger partial charge in [-0.05, 0) is 50.8 Å². The number of esters is 1. The molecule has 154 valence electrons. The lowest BCUT2D eigenvalue weighted by Gasteiger charge is -2.22. The first-order valence-corrected chi connectivity index (χ1v) is 11.1. The lowest BCUT2D eigenvalue weighted by atomic mass is 9.86. The molecular formula is C19H26N2O6S. The maximum Gasteiger partial charge on any atom is 0.309 e. The minimum absolute atomic E-state index is 0.0283. The van der Waals surface area contributed by atoms with E-state index in [-0.39, 0.29) is 22.5 Å². The first-order chi connectivity index (χ1) is 13.4. The molecule has 1 aliphatic carbocycles. The predicted molar refractivity (Wildman–Crippen MR) is 103 cm³/mol. The summed E-state index contributed by atoms with van der Waals surface area (Å²) in [4.78, 5) is 23.9. The largest absolute Gasteiger partial charge is 0.492 e. The van der Waals surface area contributed by atoms with E-state index in [1.54, 1.807) is 13.0 Å². The normalized spacial score (nSPS) is 17.8. The van der Waals surface area contributed by atoms with Gasteiger partial charge in [-0.25, -0.2) is 8.42 Å². The van der Waals surface area contributed by atoms with E-state index < -0.39 is 22.5 Å². The van der Waals surface area contributed by atoms with Crippen molar-refractivity contribution < 1.29 is 27.5 Å². The lowest BCUT2D eigenvalue weighted by Crippen LogP contribution is -2.29. The molecular weight excluding hydrogens is 384 g/mol. The highest BCUT2D eigenvalue weighted by Crippen LogP contribution is 2.32. The van der Waals surface area contributed by atoms with Crippen LogP contribution in [-0.2, 0) is 24.3 Å². The smallest absolute Gasteiger partial charge is 0.309 e. The molecule has 8 nitrogen and oxygen atoms in total. The SMILES string of the molecule is CCOc1ccc(NC(=O)COC(=O)C2CCC2)cc1S(=O)(=O)N1CCCC1. The molecule has 0 bridgehead atoms. The highest BCUT2D eigenvalue weighted by atomic mass is 32.2. The van der Waals surface area contributed by atoms with E-state index in [4.69, 9.17) is 9.47 Å². The molecule has 0 unspecified atom stereocenters. The van der Waals surface area contributed by atoms with Crippen molar-refractivity contribution >= 4 is 27.6 Å². The third kappa shape index (κ3) is 4.64. The van der Waals surface area contributed by atoms with E-state index in [1.165, 1.54) is 16.4 Å². The number of anilines is 1. The Bertz CT molecular complexity index is 829. The molecule has 28 heavy (non-hydrogen) atoms. The lowest BCUT2D eigenvalue weighted by molar-refractivity contribution is -0.154. The van der Waals surface area contributed by atoms with Crippen LogP contribution < -0.4 is 10.1 Å². The Morgan fingerprint density at radius 3 is 2.50 bits per heavy atom. The summed E-state index contributed by atoms with van der Waals surface area (Å²) in [6.07, 6.45) is 4.26. The third-order valence-electron chi connectivity index (χ3n) is 4.99. The number of nitrogens with one attached hydrogen (secondary N) is 1. The molecule has 0 aromatic heterocycles. The summed E-state index contributed by atoms with van der Waals surface area (Å²) in [5.74, 6) is -0.717. The summed E-state index contributed by atoms with van der Waals surface area (Å²) in [7, 11) is -3.71. The van der Waals surface area contributed by atoms with Gasteiger partial charge in [-0.3, -0.25) is 9.59 Å². The van der Waals surface area contributed by atoms with Crippen LogP contribution in [0.15, 0.2) is 23.1 Å². The second kappa shape index (κ2) is 8.91. The Labute approximate surface area is 165 Å². The fraction of sp³-hybridized carbons (Fsp3) is 0.579. The molecule has 0 spiro atoms. The van der Waals surface area contributed by atoms with Gasteiger partial charge in [0, 0.05) is 18.8 Å². The number of benzene rings is 1. The molecule has 1 saturated heterocycles. The number of sulfonamides is 1. The van der Waals surface area contributed by atoms with Crippen LogP contribution in [0.3, 0.4) is 0 Å². The molecule has 0 atom stereocenters. The van der Waals surface area contributed by atoms with Crippen LogP contribution in [0, 0.1) is 5.92 Å². The number of hydrogen-bond acceptors (Lipinski definition) is 6. The van der Waals surface area contributed by atoms with Gasteiger partial charge in [-0.1, -0.05) is 6.42 Å². The second-order valence-corrected chi connectivity index (χ2v) is 8.90. The summed E-state index contributed by atoms with van der Waals surface area (Å²) < 4.78 is 37.8. The topological polar surface area (TPSA) is 102 Å². The molecule has 1 heterocycles. The zero-order valence-electron chi connectivity index (χ0n) is 16.0. The Balaban J connectivity index is 1.71. The molecule has 9 heteroatoms. The highest BCUT2D eigenvalue weighted by molar-refractivity contribution is 7.89. The number of nitrogens with zero attached hydrogens (tertiary/aromatic N) is 1. The molecule has 1 aromatic carbocycles. The number of ether oxygens (including phenoxy) is 2. The zero-order chi connectivity index (χ0) is 20.1. The number of rotatable bonds is 8. The Kier molecular flexibility index (Phi) is 6.56. The van der Waals surface area contributed by atoms with Crippen molar-refractivity contribution in [3.8, 4) is 5.75 Å². The van der Waals surface area contributed by atoms with Crippen molar-refractivity contribution in [2.45, 2.75) is 43.9 Å². The average Bonchev–Trinajstić information content (AvgIpc) is 3.15. The minimum Gasteiger partial charge on any atom is -0.492 e. The van der Waals surface area contributed by atoms with Crippen molar-refractivity contribution in [1.82, 2.24) is 4.31 Å². The molecule has 2 aliphatic rings. The van der Waals surface area contributed by atoms with Crippen molar-refractivity contribution in [3.63, 3.8) is 0 Å². The van der Waals surface area contributed by atoms with Crippen LogP contribution in [0.4, 0.5) is 5.69 Å². The summed E-state index contributed by atoms with van der Waals surface area (Å²) in [6, 6.07) is 4.49. The van der Waals surface area contributed by atoms with E-state index in [9.17, 15) is 18.0 Å². The summed E-state index contributed by atoms with van der Waals surface area (Å²) >= 11 is 0. The zero-order valence-corrected chi connectivity index (χ0v) is 16.8. The molecule has 1 N–H and O–H groups in total. The first-order valence-electron chi connectivity index (χ1n) is 9.65. The van der Waals surface area contributed by atoms with Gasteiger partial charge in [-0.15, -0.1) is 0 Å². The molecule has 0 radical (unpaired) electrons. The van der Waals surface area contributed by atoms with Gasteiger partial charge < -0.3 is 14.8 Å². The first kappa shape index (κ1) is 20.6. The molecule has 2 fully saturated rings. The Hall–Kier alpha value is -2.13. The second-order valence-electron chi connectivity index (χ2n) is 6.99. The number of hydrogen-bond donors (Lipinski definition) is 1. The van der Waals surface area contributed by atoms with Crippen molar-refractivity contribution in [1.29, 1.82) is 0 Å². The van der Waals surface area contributed by atoms with Gasteiger partial charge in [0.15, 0.2) is 6.61 Å². The number of carbonyl (C=O) groups excluding carboxylic acids is 2. The van der Waals surface area contributed by atoms with Crippen LogP contribution >= 0.6 is 0 Å². The van der Waals surface area contributed by atoms with Gasteiger partial charge >= 0.3 is 5.97 Å². The van der Waals surface area contributed by atoms with Crippen molar-refractivity contribution in [3.05, 3.63) is 18.2 Å². The summed E-state index contributed by atoms with van der Waals surface area (Å²) in [5.41, 5.74) is 0.311. The summed E-state index contributed by atoms with van der Waals surface area (Å²) in [6.45, 7) is 2.66. The van der Waals surface area contributed by atoms with E-state index in [1.807, 2.05) is 0 Å². The van der Waals surface area contributed by atoms with Crippen LogP contribution in [0.1, 0.15) is 39.0 Å². The van der Waals surface area contributed by atoms with E-state index in [0.29, 0.717) is 25.4 Å². The van der Waals surface area contributed by atoms with E-state index in [0.717, 1.165) is 32.1 Å². The maximum atomic E-state index is 13.0. The van der Waals surface area contributed by atoms with Gasteiger partial charge in [0.05, 0.1) is 12.5 Å². The van der Waals surface area contributed by atoms with E-state index in [2.05, 4.69) is 5.32 Å².